The molecule has 0 saturated carbocycles. The van der Waals surface area contributed by atoms with Gasteiger partial charge in [-0.15, -0.1) is 0 Å². The first-order valence-corrected chi connectivity index (χ1v) is 6.29. The van der Waals surface area contributed by atoms with Gasteiger partial charge in [0.15, 0.2) is 0 Å². The number of fused-ring (bicyclic) bond motifs is 1. The van der Waals surface area contributed by atoms with Crippen molar-refractivity contribution in [2.45, 2.75) is 0 Å². The van der Waals surface area contributed by atoms with Crippen molar-refractivity contribution in [1.82, 2.24) is 4.40 Å². The van der Waals surface area contributed by atoms with Crippen molar-refractivity contribution in [3.8, 4) is 23.1 Å². The zero-order valence-electron chi connectivity index (χ0n) is 11.1. The Morgan fingerprint density at radius 2 is 2.05 bits per heavy atom. The molecule has 6 heteroatoms. The molecule has 0 spiro atoms. The third-order valence-corrected chi connectivity index (χ3v) is 3.38. The molecule has 5 nitrogen and oxygen atoms in total. The van der Waals surface area contributed by atoms with Gasteiger partial charge in [0.25, 0.3) is 0 Å². The number of nitriles is 1. The number of hydrogen-bond donors (Lipinski definition) is 2. The van der Waals surface area contributed by atoms with Crippen LogP contribution in [0, 0.1) is 17.1 Å². The molecule has 0 saturated heterocycles. The molecule has 3 rings (SSSR count). The van der Waals surface area contributed by atoms with E-state index in [1.54, 1.807) is 6.20 Å². The summed E-state index contributed by atoms with van der Waals surface area (Å²) in [6, 6.07) is 10.2. The maximum absolute atomic E-state index is 13.9. The Hall–Kier alpha value is -3.33. The van der Waals surface area contributed by atoms with Gasteiger partial charge in [-0.05, 0) is 30.3 Å². The lowest BCUT2D eigenvalue weighted by molar-refractivity contribution is 0.0694. The van der Waals surface area contributed by atoms with Gasteiger partial charge in [-0.3, -0.25) is 0 Å². The standard InChI is InChI=1S/C16H9FN2O3/c17-12-2-1-5-19-13(6-10(8-18)15(12)19)9-3-4-11(16(21)22)14(20)7-9/h1-7,20H,(H,21,22). The van der Waals surface area contributed by atoms with Crippen LogP contribution in [0.3, 0.4) is 0 Å². The van der Waals surface area contributed by atoms with E-state index >= 15 is 0 Å². The summed E-state index contributed by atoms with van der Waals surface area (Å²) < 4.78 is 15.4. The monoisotopic (exact) mass is 296 g/mol. The topological polar surface area (TPSA) is 85.7 Å². The summed E-state index contributed by atoms with van der Waals surface area (Å²) >= 11 is 0. The van der Waals surface area contributed by atoms with Crippen molar-refractivity contribution in [3.63, 3.8) is 0 Å². The highest BCUT2D eigenvalue weighted by atomic mass is 19.1. The number of rotatable bonds is 2. The number of nitrogens with zero attached hydrogens (tertiary/aromatic N) is 2. The Balaban J connectivity index is 2.28. The number of hydrogen-bond acceptors (Lipinski definition) is 3. The van der Waals surface area contributed by atoms with E-state index in [-0.39, 0.29) is 16.6 Å². The number of aromatic nitrogens is 1. The minimum Gasteiger partial charge on any atom is -0.507 e. The Morgan fingerprint density at radius 1 is 1.27 bits per heavy atom. The molecular formula is C16H9FN2O3. The van der Waals surface area contributed by atoms with Crippen molar-refractivity contribution in [1.29, 1.82) is 5.26 Å². The summed E-state index contributed by atoms with van der Waals surface area (Å²) in [6.45, 7) is 0. The molecule has 0 aliphatic rings. The van der Waals surface area contributed by atoms with E-state index in [9.17, 15) is 14.3 Å². The largest absolute Gasteiger partial charge is 0.507 e. The molecule has 3 aromatic rings. The van der Waals surface area contributed by atoms with Crippen LogP contribution in [0.15, 0.2) is 42.6 Å². The highest BCUT2D eigenvalue weighted by Crippen LogP contribution is 2.30. The van der Waals surface area contributed by atoms with Gasteiger partial charge in [0.05, 0.1) is 16.8 Å². The van der Waals surface area contributed by atoms with Crippen LogP contribution < -0.4 is 0 Å². The first-order chi connectivity index (χ1) is 10.5. The zero-order chi connectivity index (χ0) is 15.9. The predicted molar refractivity (Wildman–Crippen MR) is 76.1 cm³/mol. The molecule has 0 radical (unpaired) electrons. The van der Waals surface area contributed by atoms with Gasteiger partial charge in [-0.1, -0.05) is 6.07 Å². The SMILES string of the molecule is N#Cc1cc(-c2ccc(C(=O)O)c(O)c2)n2cccc(F)c12. The van der Waals surface area contributed by atoms with Gasteiger partial charge in [0.2, 0.25) is 0 Å². The molecule has 2 heterocycles. The summed E-state index contributed by atoms with van der Waals surface area (Å²) in [6.07, 6.45) is 1.59. The van der Waals surface area contributed by atoms with E-state index in [2.05, 4.69) is 0 Å². The van der Waals surface area contributed by atoms with Crippen LogP contribution in [0.25, 0.3) is 16.8 Å². The van der Waals surface area contributed by atoms with E-state index in [0.29, 0.717) is 11.3 Å². The minimum atomic E-state index is -1.24. The number of carboxylic acid groups (broad SMARTS) is 1. The highest BCUT2D eigenvalue weighted by Gasteiger charge is 2.16. The molecule has 0 aliphatic carbocycles. The molecule has 0 amide bonds. The zero-order valence-corrected chi connectivity index (χ0v) is 11.1. The fraction of sp³-hybridized carbons (Fsp3) is 0. The van der Waals surface area contributed by atoms with Crippen LogP contribution in [0.5, 0.6) is 5.75 Å². The number of pyridine rings is 1. The van der Waals surface area contributed by atoms with E-state index in [0.717, 1.165) is 0 Å². The number of benzene rings is 1. The molecular weight excluding hydrogens is 287 g/mol. The van der Waals surface area contributed by atoms with Crippen molar-refractivity contribution in [2.24, 2.45) is 0 Å². The van der Waals surface area contributed by atoms with Crippen LogP contribution in [0.2, 0.25) is 0 Å². The van der Waals surface area contributed by atoms with E-state index in [1.807, 2.05) is 6.07 Å². The Morgan fingerprint density at radius 3 is 2.68 bits per heavy atom. The lowest BCUT2D eigenvalue weighted by atomic mass is 10.1. The maximum atomic E-state index is 13.9. The first kappa shape index (κ1) is 13.6. The van der Waals surface area contributed by atoms with Crippen molar-refractivity contribution < 1.29 is 19.4 Å². The van der Waals surface area contributed by atoms with Crippen molar-refractivity contribution in [2.75, 3.05) is 0 Å². The normalized spacial score (nSPS) is 10.5. The van der Waals surface area contributed by atoms with Gasteiger partial charge in [0.1, 0.15) is 23.2 Å². The summed E-state index contributed by atoms with van der Waals surface area (Å²) in [7, 11) is 0. The van der Waals surface area contributed by atoms with Crippen LogP contribution >= 0.6 is 0 Å². The third-order valence-electron chi connectivity index (χ3n) is 3.38. The Bertz CT molecular complexity index is 954. The van der Waals surface area contributed by atoms with Crippen LogP contribution in [-0.4, -0.2) is 20.6 Å². The lowest BCUT2D eigenvalue weighted by Crippen LogP contribution is -1.97. The average molecular weight is 296 g/mol. The summed E-state index contributed by atoms with van der Waals surface area (Å²) in [5.41, 5.74) is 1.04. The van der Waals surface area contributed by atoms with E-state index in [1.165, 1.54) is 40.8 Å². The summed E-state index contributed by atoms with van der Waals surface area (Å²) in [5, 5.41) is 27.8. The minimum absolute atomic E-state index is 0.141. The van der Waals surface area contributed by atoms with Gasteiger partial charge in [0, 0.05) is 11.8 Å². The third kappa shape index (κ3) is 1.96. The molecule has 0 atom stereocenters. The number of halogens is 1. The second-order valence-corrected chi connectivity index (χ2v) is 4.67. The molecule has 2 aromatic heterocycles. The second-order valence-electron chi connectivity index (χ2n) is 4.67. The van der Waals surface area contributed by atoms with E-state index in [4.69, 9.17) is 10.4 Å². The van der Waals surface area contributed by atoms with Crippen LogP contribution in [0.4, 0.5) is 4.39 Å². The lowest BCUT2D eigenvalue weighted by Gasteiger charge is -2.06. The smallest absolute Gasteiger partial charge is 0.339 e. The maximum Gasteiger partial charge on any atom is 0.339 e. The fourth-order valence-corrected chi connectivity index (χ4v) is 2.40. The quantitative estimate of drug-likeness (QED) is 0.761. The molecule has 0 fully saturated rings. The summed E-state index contributed by atoms with van der Waals surface area (Å²) in [4.78, 5) is 10.9. The van der Waals surface area contributed by atoms with Crippen molar-refractivity contribution in [3.05, 3.63) is 59.5 Å². The molecule has 0 bridgehead atoms. The van der Waals surface area contributed by atoms with E-state index < -0.39 is 17.5 Å². The first-order valence-electron chi connectivity index (χ1n) is 6.29. The molecule has 0 unspecified atom stereocenters. The second kappa shape index (κ2) is 4.90. The molecule has 2 N–H and O–H groups in total. The molecule has 0 aliphatic heterocycles. The number of carbonyl (C=O) groups is 1. The molecule has 22 heavy (non-hydrogen) atoms. The van der Waals surface area contributed by atoms with Crippen LogP contribution in [0.1, 0.15) is 15.9 Å². The highest BCUT2D eigenvalue weighted by molar-refractivity contribution is 5.91. The Kier molecular flexibility index (Phi) is 3.04. The van der Waals surface area contributed by atoms with Crippen LogP contribution in [-0.2, 0) is 0 Å². The predicted octanol–water partition coefficient (Wildman–Crippen LogP) is 3.02. The van der Waals surface area contributed by atoms with Gasteiger partial charge >= 0.3 is 5.97 Å². The molecule has 108 valence electrons. The van der Waals surface area contributed by atoms with Gasteiger partial charge < -0.3 is 14.6 Å². The summed E-state index contributed by atoms with van der Waals surface area (Å²) in [5.74, 6) is -2.17. The van der Waals surface area contributed by atoms with Crippen molar-refractivity contribution >= 4 is 11.5 Å². The number of phenols is 1. The Labute approximate surface area is 124 Å². The molecule has 1 aromatic carbocycles. The average Bonchev–Trinajstić information content (AvgIpc) is 2.87. The number of aromatic carboxylic acids is 1. The number of carboxylic acids is 1. The fourth-order valence-electron chi connectivity index (χ4n) is 2.40. The van der Waals surface area contributed by atoms with Gasteiger partial charge in [-0.25, -0.2) is 9.18 Å². The van der Waals surface area contributed by atoms with Gasteiger partial charge in [-0.2, -0.15) is 5.26 Å². The number of aromatic hydroxyl groups is 1.